The van der Waals surface area contributed by atoms with E-state index in [9.17, 15) is 9.18 Å². The van der Waals surface area contributed by atoms with E-state index in [1.54, 1.807) is 0 Å². The maximum absolute atomic E-state index is 12.9. The normalized spacial score (nSPS) is 25.0. The molecule has 5 heteroatoms. The SMILES string of the molecule is Cl.O=C(OCC1CCCN2CCCCC12)c1ccc(F)cc1. The van der Waals surface area contributed by atoms with E-state index in [1.165, 1.54) is 63.0 Å². The number of fused-ring (bicyclic) bond motifs is 1. The minimum absolute atomic E-state index is 0. The lowest BCUT2D eigenvalue weighted by molar-refractivity contribution is 0.00738. The van der Waals surface area contributed by atoms with Crippen molar-refractivity contribution in [2.24, 2.45) is 5.92 Å². The first kappa shape index (κ1) is 17.2. The van der Waals surface area contributed by atoms with E-state index in [2.05, 4.69) is 4.90 Å². The van der Waals surface area contributed by atoms with E-state index in [0.29, 0.717) is 24.1 Å². The summed E-state index contributed by atoms with van der Waals surface area (Å²) in [5, 5.41) is 0. The number of carbonyl (C=O) groups excluding carboxylic acids is 1. The number of hydrogen-bond donors (Lipinski definition) is 0. The molecular formula is C17H23ClFNO2. The van der Waals surface area contributed by atoms with Gasteiger partial charge in [-0.2, -0.15) is 0 Å². The Bertz CT molecular complexity index is 492. The molecule has 0 spiro atoms. The quantitative estimate of drug-likeness (QED) is 0.793. The second-order valence-electron chi connectivity index (χ2n) is 6.11. The Morgan fingerprint density at radius 1 is 1.14 bits per heavy atom. The lowest BCUT2D eigenvalue weighted by Gasteiger charge is -2.44. The average Bonchev–Trinajstić information content (AvgIpc) is 2.53. The molecule has 0 aliphatic carbocycles. The highest BCUT2D eigenvalue weighted by Crippen LogP contribution is 2.31. The van der Waals surface area contributed by atoms with Crippen molar-refractivity contribution in [1.29, 1.82) is 0 Å². The molecule has 2 fully saturated rings. The van der Waals surface area contributed by atoms with Gasteiger partial charge in [0.1, 0.15) is 5.82 Å². The smallest absolute Gasteiger partial charge is 0.338 e. The summed E-state index contributed by atoms with van der Waals surface area (Å²) in [6.45, 7) is 2.86. The van der Waals surface area contributed by atoms with E-state index in [-0.39, 0.29) is 24.2 Å². The van der Waals surface area contributed by atoms with Gasteiger partial charge in [-0.25, -0.2) is 9.18 Å². The summed E-state index contributed by atoms with van der Waals surface area (Å²) in [5.41, 5.74) is 0.424. The summed E-state index contributed by atoms with van der Waals surface area (Å²) in [4.78, 5) is 14.6. The third kappa shape index (κ3) is 3.99. The number of benzene rings is 1. The topological polar surface area (TPSA) is 29.5 Å². The summed E-state index contributed by atoms with van der Waals surface area (Å²) in [6.07, 6.45) is 6.12. The van der Waals surface area contributed by atoms with Crippen LogP contribution in [0.3, 0.4) is 0 Å². The Kier molecular flexibility index (Phi) is 6.21. The zero-order valence-corrected chi connectivity index (χ0v) is 13.5. The number of nitrogens with zero attached hydrogens (tertiary/aromatic N) is 1. The van der Waals surface area contributed by atoms with E-state index < -0.39 is 0 Å². The van der Waals surface area contributed by atoms with Gasteiger partial charge in [-0.05, 0) is 63.0 Å². The van der Waals surface area contributed by atoms with Gasteiger partial charge in [0, 0.05) is 12.0 Å². The second kappa shape index (κ2) is 7.93. The molecule has 2 saturated heterocycles. The van der Waals surface area contributed by atoms with Crippen molar-refractivity contribution < 1.29 is 13.9 Å². The van der Waals surface area contributed by atoms with Crippen LogP contribution in [0.2, 0.25) is 0 Å². The van der Waals surface area contributed by atoms with Crippen LogP contribution in [0.15, 0.2) is 24.3 Å². The molecule has 3 rings (SSSR count). The first-order chi connectivity index (χ1) is 10.2. The summed E-state index contributed by atoms with van der Waals surface area (Å²) in [6, 6.07) is 6.12. The molecule has 2 aliphatic rings. The number of piperidine rings is 2. The molecule has 0 aromatic heterocycles. The molecule has 22 heavy (non-hydrogen) atoms. The van der Waals surface area contributed by atoms with Crippen molar-refractivity contribution >= 4 is 18.4 Å². The zero-order valence-electron chi connectivity index (χ0n) is 12.7. The van der Waals surface area contributed by atoms with Gasteiger partial charge < -0.3 is 4.74 Å². The van der Waals surface area contributed by atoms with Gasteiger partial charge >= 0.3 is 5.97 Å². The Balaban J connectivity index is 0.00000176. The standard InChI is InChI=1S/C17H22FNO2.ClH/c18-15-8-6-13(7-9-15)17(20)21-12-14-4-3-11-19-10-2-1-5-16(14)19;/h6-9,14,16H,1-5,10-12H2;1H. The van der Waals surface area contributed by atoms with Crippen LogP contribution < -0.4 is 0 Å². The van der Waals surface area contributed by atoms with Gasteiger partial charge in [-0.15, -0.1) is 12.4 Å². The third-order valence-electron chi connectivity index (χ3n) is 4.74. The molecule has 0 amide bonds. The summed E-state index contributed by atoms with van der Waals surface area (Å²) in [5.74, 6) is -0.233. The van der Waals surface area contributed by atoms with E-state index >= 15 is 0 Å². The predicted octanol–water partition coefficient (Wildman–Crippen LogP) is 3.67. The van der Waals surface area contributed by atoms with Crippen LogP contribution in [-0.2, 0) is 4.74 Å². The molecule has 2 aliphatic heterocycles. The highest BCUT2D eigenvalue weighted by molar-refractivity contribution is 5.89. The molecule has 2 heterocycles. The largest absolute Gasteiger partial charge is 0.462 e. The van der Waals surface area contributed by atoms with Crippen molar-refractivity contribution in [1.82, 2.24) is 4.90 Å². The number of esters is 1. The average molecular weight is 328 g/mol. The molecule has 1 aromatic carbocycles. The number of carbonyl (C=O) groups is 1. The lowest BCUT2D eigenvalue weighted by Crippen LogP contribution is -2.49. The minimum Gasteiger partial charge on any atom is -0.462 e. The molecule has 0 saturated carbocycles. The Morgan fingerprint density at radius 3 is 2.64 bits per heavy atom. The van der Waals surface area contributed by atoms with E-state index in [0.717, 1.165) is 6.42 Å². The number of halogens is 2. The fourth-order valence-corrected chi connectivity index (χ4v) is 3.62. The van der Waals surface area contributed by atoms with Crippen LogP contribution in [0.1, 0.15) is 42.5 Å². The summed E-state index contributed by atoms with van der Waals surface area (Å²) in [7, 11) is 0. The molecule has 122 valence electrons. The number of ether oxygens (including phenoxy) is 1. The van der Waals surface area contributed by atoms with Crippen LogP contribution in [0.5, 0.6) is 0 Å². The number of rotatable bonds is 3. The van der Waals surface area contributed by atoms with Crippen molar-refractivity contribution in [2.75, 3.05) is 19.7 Å². The van der Waals surface area contributed by atoms with Gasteiger partial charge in [0.25, 0.3) is 0 Å². The molecule has 0 bridgehead atoms. The zero-order chi connectivity index (χ0) is 14.7. The van der Waals surface area contributed by atoms with Crippen molar-refractivity contribution in [3.63, 3.8) is 0 Å². The molecule has 3 nitrogen and oxygen atoms in total. The molecule has 0 radical (unpaired) electrons. The van der Waals surface area contributed by atoms with Gasteiger partial charge in [0.05, 0.1) is 12.2 Å². The maximum atomic E-state index is 12.9. The summed E-state index contributed by atoms with van der Waals surface area (Å²) < 4.78 is 18.3. The Labute approximate surface area is 137 Å². The molecule has 1 aromatic rings. The van der Waals surface area contributed by atoms with Crippen molar-refractivity contribution in [3.05, 3.63) is 35.6 Å². The minimum atomic E-state index is -0.345. The van der Waals surface area contributed by atoms with Crippen LogP contribution in [-0.4, -0.2) is 36.6 Å². The van der Waals surface area contributed by atoms with Gasteiger partial charge in [-0.3, -0.25) is 4.90 Å². The summed E-state index contributed by atoms with van der Waals surface area (Å²) >= 11 is 0. The molecule has 2 atom stereocenters. The van der Waals surface area contributed by atoms with Crippen LogP contribution in [0, 0.1) is 11.7 Å². The monoisotopic (exact) mass is 327 g/mol. The highest BCUT2D eigenvalue weighted by Gasteiger charge is 2.33. The van der Waals surface area contributed by atoms with Crippen molar-refractivity contribution in [3.8, 4) is 0 Å². The second-order valence-corrected chi connectivity index (χ2v) is 6.11. The Morgan fingerprint density at radius 2 is 1.86 bits per heavy atom. The van der Waals surface area contributed by atoms with Crippen molar-refractivity contribution in [2.45, 2.75) is 38.1 Å². The van der Waals surface area contributed by atoms with Crippen LogP contribution >= 0.6 is 12.4 Å². The Hall–Kier alpha value is -1.13. The first-order valence-electron chi connectivity index (χ1n) is 7.91. The van der Waals surface area contributed by atoms with Gasteiger partial charge in [-0.1, -0.05) is 6.42 Å². The number of hydrogen-bond acceptors (Lipinski definition) is 3. The fraction of sp³-hybridized carbons (Fsp3) is 0.588. The van der Waals surface area contributed by atoms with Gasteiger partial charge in [0.15, 0.2) is 0 Å². The predicted molar refractivity (Wildman–Crippen MR) is 85.9 cm³/mol. The third-order valence-corrected chi connectivity index (χ3v) is 4.74. The van der Waals surface area contributed by atoms with E-state index in [4.69, 9.17) is 4.74 Å². The fourth-order valence-electron chi connectivity index (χ4n) is 3.62. The lowest BCUT2D eigenvalue weighted by atomic mass is 9.84. The first-order valence-corrected chi connectivity index (χ1v) is 7.91. The maximum Gasteiger partial charge on any atom is 0.338 e. The highest BCUT2D eigenvalue weighted by atomic mass is 35.5. The molecular weight excluding hydrogens is 305 g/mol. The molecule has 0 N–H and O–H groups in total. The van der Waals surface area contributed by atoms with Crippen LogP contribution in [0.4, 0.5) is 4.39 Å². The van der Waals surface area contributed by atoms with Gasteiger partial charge in [0.2, 0.25) is 0 Å². The van der Waals surface area contributed by atoms with Crippen LogP contribution in [0.25, 0.3) is 0 Å². The van der Waals surface area contributed by atoms with E-state index in [1.807, 2.05) is 0 Å². The molecule has 2 unspecified atom stereocenters.